The van der Waals surface area contributed by atoms with E-state index in [1.165, 1.54) is 6.08 Å². The lowest BCUT2D eigenvalue weighted by Crippen LogP contribution is -1.98. The van der Waals surface area contributed by atoms with Gasteiger partial charge in [-0.2, -0.15) is 0 Å². The number of benzene rings is 1. The van der Waals surface area contributed by atoms with Crippen LogP contribution in [-0.2, 0) is 9.53 Å². The minimum absolute atomic E-state index is 0.315. The maximum atomic E-state index is 11.0. The third-order valence-electron chi connectivity index (χ3n) is 1.87. The Balaban J connectivity index is 2.64. The molecule has 0 fully saturated rings. The second-order valence-corrected chi connectivity index (χ2v) is 2.96. The highest BCUT2D eigenvalue weighted by atomic mass is 16.5. The summed E-state index contributed by atoms with van der Waals surface area (Å²) in [7, 11) is 0. The van der Waals surface area contributed by atoms with Crippen LogP contribution in [0.25, 0.3) is 12.2 Å². The van der Waals surface area contributed by atoms with Crippen LogP contribution in [0.15, 0.2) is 36.9 Å². The summed E-state index contributed by atoms with van der Waals surface area (Å²) in [5, 5.41) is 0. The van der Waals surface area contributed by atoms with Crippen LogP contribution in [0.3, 0.4) is 0 Å². The number of carbonyl (C=O) groups is 1. The molecular weight excluding hydrogens is 188 g/mol. The molecule has 2 nitrogen and oxygen atoms in total. The first-order valence-electron chi connectivity index (χ1n) is 4.83. The zero-order chi connectivity index (χ0) is 11.1. The van der Waals surface area contributed by atoms with E-state index in [2.05, 4.69) is 6.58 Å². The number of ether oxygens (including phenoxy) is 1. The molecule has 0 aliphatic rings. The fourth-order valence-electron chi connectivity index (χ4n) is 1.10. The van der Waals surface area contributed by atoms with Gasteiger partial charge in [-0.05, 0) is 24.1 Å². The van der Waals surface area contributed by atoms with Gasteiger partial charge in [-0.1, -0.05) is 36.9 Å². The zero-order valence-corrected chi connectivity index (χ0v) is 8.77. The first kappa shape index (κ1) is 11.2. The summed E-state index contributed by atoms with van der Waals surface area (Å²) in [5.41, 5.74) is 2.02. The quantitative estimate of drug-likeness (QED) is 0.554. The molecule has 0 heterocycles. The lowest BCUT2D eigenvalue weighted by Gasteiger charge is -1.96. The van der Waals surface area contributed by atoms with E-state index in [0.717, 1.165) is 11.1 Å². The largest absolute Gasteiger partial charge is 0.463 e. The SMILES string of the molecule is C=Cc1ccc(/C=C/C(=O)OCC)cc1. The maximum Gasteiger partial charge on any atom is 0.330 e. The predicted octanol–water partition coefficient (Wildman–Crippen LogP) is 2.91. The summed E-state index contributed by atoms with van der Waals surface area (Å²) in [6.07, 6.45) is 4.93. The number of esters is 1. The molecule has 0 aromatic heterocycles. The normalized spacial score (nSPS) is 10.2. The molecule has 0 saturated heterocycles. The van der Waals surface area contributed by atoms with Crippen molar-refractivity contribution >= 4 is 18.1 Å². The van der Waals surface area contributed by atoms with Gasteiger partial charge in [0.1, 0.15) is 0 Å². The number of hydrogen-bond acceptors (Lipinski definition) is 2. The van der Waals surface area contributed by atoms with Crippen LogP contribution >= 0.6 is 0 Å². The molecule has 0 N–H and O–H groups in total. The van der Waals surface area contributed by atoms with Gasteiger partial charge < -0.3 is 4.74 Å². The Morgan fingerprint density at radius 1 is 1.33 bits per heavy atom. The minimum atomic E-state index is -0.315. The average molecular weight is 202 g/mol. The van der Waals surface area contributed by atoms with Crippen molar-refractivity contribution in [2.24, 2.45) is 0 Å². The van der Waals surface area contributed by atoms with Gasteiger partial charge in [-0.15, -0.1) is 0 Å². The molecule has 0 unspecified atom stereocenters. The highest BCUT2D eigenvalue weighted by Crippen LogP contribution is 2.07. The second-order valence-electron chi connectivity index (χ2n) is 2.96. The third kappa shape index (κ3) is 3.81. The van der Waals surface area contributed by atoms with Crippen LogP contribution in [0.1, 0.15) is 18.1 Å². The Labute approximate surface area is 89.9 Å². The van der Waals surface area contributed by atoms with Crippen LogP contribution in [0, 0.1) is 0 Å². The van der Waals surface area contributed by atoms with Gasteiger partial charge in [-0.25, -0.2) is 4.79 Å². The number of hydrogen-bond donors (Lipinski definition) is 0. The van der Waals surface area contributed by atoms with Crippen molar-refractivity contribution < 1.29 is 9.53 Å². The first-order valence-corrected chi connectivity index (χ1v) is 4.83. The van der Waals surface area contributed by atoms with Crippen molar-refractivity contribution in [2.45, 2.75) is 6.92 Å². The molecule has 2 heteroatoms. The van der Waals surface area contributed by atoms with Crippen LogP contribution in [0.4, 0.5) is 0 Å². The molecule has 0 aliphatic heterocycles. The first-order chi connectivity index (χ1) is 7.26. The van der Waals surface area contributed by atoms with Crippen molar-refractivity contribution in [1.29, 1.82) is 0 Å². The average Bonchev–Trinajstić information content (AvgIpc) is 2.27. The zero-order valence-electron chi connectivity index (χ0n) is 8.77. The standard InChI is InChI=1S/C13H14O2/c1-3-11-5-7-12(8-6-11)9-10-13(14)15-4-2/h3,5-10H,1,4H2,2H3/b10-9+. The van der Waals surface area contributed by atoms with Crippen molar-refractivity contribution in [3.8, 4) is 0 Å². The van der Waals surface area contributed by atoms with Gasteiger partial charge in [0, 0.05) is 6.08 Å². The van der Waals surface area contributed by atoms with E-state index in [-0.39, 0.29) is 5.97 Å². The summed E-state index contributed by atoms with van der Waals surface area (Å²) in [4.78, 5) is 11.0. The fourth-order valence-corrected chi connectivity index (χ4v) is 1.10. The third-order valence-corrected chi connectivity index (χ3v) is 1.87. The van der Waals surface area contributed by atoms with E-state index < -0.39 is 0 Å². The van der Waals surface area contributed by atoms with Crippen molar-refractivity contribution in [1.82, 2.24) is 0 Å². The molecule has 0 atom stereocenters. The Morgan fingerprint density at radius 2 is 1.93 bits per heavy atom. The van der Waals surface area contributed by atoms with Crippen LogP contribution in [-0.4, -0.2) is 12.6 Å². The molecule has 1 rings (SSSR count). The Morgan fingerprint density at radius 3 is 2.47 bits per heavy atom. The molecular formula is C13H14O2. The number of rotatable bonds is 4. The second kappa shape index (κ2) is 5.81. The van der Waals surface area contributed by atoms with Gasteiger partial charge in [0.15, 0.2) is 0 Å². The van der Waals surface area contributed by atoms with Gasteiger partial charge in [-0.3, -0.25) is 0 Å². The van der Waals surface area contributed by atoms with E-state index in [1.807, 2.05) is 24.3 Å². The Bertz CT molecular complexity index is 361. The molecule has 1 aromatic carbocycles. The topological polar surface area (TPSA) is 26.3 Å². The highest BCUT2D eigenvalue weighted by molar-refractivity contribution is 5.87. The summed E-state index contributed by atoms with van der Waals surface area (Å²) in [6, 6.07) is 7.73. The van der Waals surface area contributed by atoms with Crippen molar-refractivity contribution in [2.75, 3.05) is 6.61 Å². The van der Waals surface area contributed by atoms with E-state index in [9.17, 15) is 4.79 Å². The van der Waals surface area contributed by atoms with E-state index in [4.69, 9.17) is 4.74 Å². The van der Waals surface area contributed by atoms with Crippen molar-refractivity contribution in [3.63, 3.8) is 0 Å². The van der Waals surface area contributed by atoms with Gasteiger partial charge >= 0.3 is 5.97 Å². The van der Waals surface area contributed by atoms with Crippen LogP contribution < -0.4 is 0 Å². The van der Waals surface area contributed by atoms with Gasteiger partial charge in [0.2, 0.25) is 0 Å². The maximum absolute atomic E-state index is 11.0. The molecule has 15 heavy (non-hydrogen) atoms. The summed E-state index contributed by atoms with van der Waals surface area (Å²) in [6.45, 7) is 5.85. The smallest absolute Gasteiger partial charge is 0.330 e. The Hall–Kier alpha value is -1.83. The monoisotopic (exact) mass is 202 g/mol. The predicted molar refractivity (Wildman–Crippen MR) is 62.2 cm³/mol. The summed E-state index contributed by atoms with van der Waals surface area (Å²) >= 11 is 0. The molecule has 0 amide bonds. The summed E-state index contributed by atoms with van der Waals surface area (Å²) < 4.78 is 4.77. The molecule has 0 radical (unpaired) electrons. The van der Waals surface area contributed by atoms with Gasteiger partial charge in [0.25, 0.3) is 0 Å². The molecule has 0 aliphatic carbocycles. The molecule has 78 valence electrons. The van der Waals surface area contributed by atoms with E-state index >= 15 is 0 Å². The van der Waals surface area contributed by atoms with E-state index in [0.29, 0.717) is 6.61 Å². The minimum Gasteiger partial charge on any atom is -0.463 e. The lowest BCUT2D eigenvalue weighted by atomic mass is 10.1. The van der Waals surface area contributed by atoms with Crippen LogP contribution in [0.2, 0.25) is 0 Å². The van der Waals surface area contributed by atoms with Crippen LogP contribution in [0.5, 0.6) is 0 Å². The summed E-state index contributed by atoms with van der Waals surface area (Å²) in [5.74, 6) is -0.315. The van der Waals surface area contributed by atoms with Gasteiger partial charge in [0.05, 0.1) is 6.61 Å². The number of carbonyl (C=O) groups excluding carboxylic acids is 1. The Kier molecular flexibility index (Phi) is 4.35. The molecule has 1 aromatic rings. The molecule has 0 saturated carbocycles. The van der Waals surface area contributed by atoms with Crippen molar-refractivity contribution in [3.05, 3.63) is 48.0 Å². The fraction of sp³-hybridized carbons (Fsp3) is 0.154. The van der Waals surface area contributed by atoms with E-state index in [1.54, 1.807) is 19.1 Å². The highest BCUT2D eigenvalue weighted by Gasteiger charge is 1.93. The lowest BCUT2D eigenvalue weighted by molar-refractivity contribution is -0.137. The molecule has 0 bridgehead atoms. The molecule has 0 spiro atoms.